The Morgan fingerprint density at radius 3 is 2.28 bits per heavy atom. The number of carbonyl (C=O) groups is 1. The van der Waals surface area contributed by atoms with E-state index in [9.17, 15) is 4.79 Å². The number of hydrogen-bond donors (Lipinski definition) is 1. The van der Waals surface area contributed by atoms with Crippen molar-refractivity contribution >= 4 is 17.3 Å². The van der Waals surface area contributed by atoms with Crippen LogP contribution in [0.25, 0.3) is 5.69 Å². The molecule has 6 heteroatoms. The first-order valence-corrected chi connectivity index (χ1v) is 8.01. The molecule has 0 unspecified atom stereocenters. The molecule has 1 amide bonds. The highest BCUT2D eigenvalue weighted by Crippen LogP contribution is 2.17. The number of amides is 1. The molecule has 0 saturated heterocycles. The fourth-order valence-electron chi connectivity index (χ4n) is 2.44. The number of benzene rings is 1. The van der Waals surface area contributed by atoms with Gasteiger partial charge in [-0.25, -0.2) is 9.97 Å². The van der Waals surface area contributed by atoms with Gasteiger partial charge in [0, 0.05) is 31.2 Å². The second-order valence-corrected chi connectivity index (χ2v) is 6.08. The van der Waals surface area contributed by atoms with Crippen LogP contribution in [-0.2, 0) is 0 Å². The zero-order valence-corrected chi connectivity index (χ0v) is 14.8. The minimum atomic E-state index is -0.229. The van der Waals surface area contributed by atoms with Crippen LogP contribution in [-0.4, -0.2) is 34.5 Å². The highest BCUT2D eigenvalue weighted by molar-refractivity contribution is 6.03. The summed E-state index contributed by atoms with van der Waals surface area (Å²) in [6.07, 6.45) is 3.48. The first-order valence-electron chi connectivity index (χ1n) is 8.01. The average Bonchev–Trinajstić information content (AvgIpc) is 2.95. The van der Waals surface area contributed by atoms with Crippen LogP contribution in [0.1, 0.15) is 21.9 Å². The van der Waals surface area contributed by atoms with Crippen LogP contribution in [0.3, 0.4) is 0 Å². The van der Waals surface area contributed by atoms with Gasteiger partial charge in [0.2, 0.25) is 0 Å². The molecule has 0 aliphatic carbocycles. The zero-order valence-electron chi connectivity index (χ0n) is 14.8. The van der Waals surface area contributed by atoms with Crippen molar-refractivity contribution in [3.05, 3.63) is 66.0 Å². The highest BCUT2D eigenvalue weighted by atomic mass is 16.1. The summed E-state index contributed by atoms with van der Waals surface area (Å²) in [5.74, 6) is -0.229. The molecule has 3 rings (SSSR count). The fraction of sp³-hybridized carbons (Fsp3) is 0.211. The minimum Gasteiger partial charge on any atom is -0.376 e. The number of nitrogens with zero attached hydrogens (tertiary/aromatic N) is 4. The molecule has 0 atom stereocenters. The number of pyridine rings is 1. The Kier molecular flexibility index (Phi) is 4.52. The molecule has 0 bridgehead atoms. The molecule has 0 radical (unpaired) electrons. The van der Waals surface area contributed by atoms with E-state index >= 15 is 0 Å². The summed E-state index contributed by atoms with van der Waals surface area (Å²) in [6, 6.07) is 11.2. The molecule has 0 fully saturated rings. The maximum atomic E-state index is 12.3. The Balaban J connectivity index is 1.72. The fourth-order valence-corrected chi connectivity index (χ4v) is 2.44. The summed E-state index contributed by atoms with van der Waals surface area (Å²) >= 11 is 0. The van der Waals surface area contributed by atoms with E-state index < -0.39 is 0 Å². The summed E-state index contributed by atoms with van der Waals surface area (Å²) in [4.78, 5) is 22.8. The predicted molar refractivity (Wildman–Crippen MR) is 99.6 cm³/mol. The number of rotatable bonds is 4. The Hall–Kier alpha value is -3.15. The Morgan fingerprint density at radius 2 is 1.76 bits per heavy atom. The van der Waals surface area contributed by atoms with E-state index in [1.165, 1.54) is 0 Å². The largest absolute Gasteiger partial charge is 0.376 e. The lowest BCUT2D eigenvalue weighted by Gasteiger charge is -2.12. The smallest absolute Gasteiger partial charge is 0.274 e. The maximum Gasteiger partial charge on any atom is 0.274 e. The van der Waals surface area contributed by atoms with Crippen LogP contribution in [0, 0.1) is 13.8 Å². The molecule has 1 aromatic carbocycles. The van der Waals surface area contributed by atoms with E-state index in [-0.39, 0.29) is 5.91 Å². The van der Waals surface area contributed by atoms with Crippen molar-refractivity contribution in [3.8, 4) is 5.69 Å². The van der Waals surface area contributed by atoms with Gasteiger partial charge in [0.1, 0.15) is 5.69 Å². The number of aryl methyl sites for hydroxylation is 1. The SMILES string of the molecule is Cc1ncn(-c2ccc(NC(=O)c3ccc(N(C)C)cn3)cc2)c1C. The first-order chi connectivity index (χ1) is 12.0. The van der Waals surface area contributed by atoms with Gasteiger partial charge < -0.3 is 14.8 Å². The predicted octanol–water partition coefficient (Wildman–Crippen LogP) is 3.20. The van der Waals surface area contributed by atoms with Crippen molar-refractivity contribution in [2.24, 2.45) is 0 Å². The summed E-state index contributed by atoms with van der Waals surface area (Å²) in [5, 5.41) is 2.87. The monoisotopic (exact) mass is 335 g/mol. The summed E-state index contributed by atoms with van der Waals surface area (Å²) in [5.41, 5.74) is 5.17. The first kappa shape index (κ1) is 16.7. The van der Waals surface area contributed by atoms with Crippen LogP contribution in [0.2, 0.25) is 0 Å². The lowest BCUT2D eigenvalue weighted by atomic mass is 10.2. The summed E-state index contributed by atoms with van der Waals surface area (Å²) in [6.45, 7) is 4.01. The van der Waals surface area contributed by atoms with Gasteiger partial charge in [-0.2, -0.15) is 0 Å². The molecule has 1 N–H and O–H groups in total. The number of hydrogen-bond acceptors (Lipinski definition) is 4. The van der Waals surface area contributed by atoms with Crippen molar-refractivity contribution in [2.75, 3.05) is 24.3 Å². The van der Waals surface area contributed by atoms with Crippen LogP contribution in [0.4, 0.5) is 11.4 Å². The second-order valence-electron chi connectivity index (χ2n) is 6.08. The molecule has 0 aliphatic heterocycles. The lowest BCUT2D eigenvalue weighted by Crippen LogP contribution is -2.15. The van der Waals surface area contributed by atoms with Crippen molar-refractivity contribution in [3.63, 3.8) is 0 Å². The van der Waals surface area contributed by atoms with E-state index in [0.29, 0.717) is 5.69 Å². The minimum absolute atomic E-state index is 0.229. The average molecular weight is 335 g/mol. The molecular formula is C19H21N5O. The topological polar surface area (TPSA) is 63.1 Å². The number of imidazole rings is 1. The standard InChI is InChI=1S/C19H21N5O/c1-13-14(2)24(12-21-13)16-7-5-15(6-8-16)22-19(25)18-10-9-17(11-20-18)23(3)4/h5-12H,1-4H3,(H,22,25). The molecule has 6 nitrogen and oxygen atoms in total. The van der Waals surface area contributed by atoms with Crippen molar-refractivity contribution in [2.45, 2.75) is 13.8 Å². The third-order valence-electron chi connectivity index (χ3n) is 4.15. The summed E-state index contributed by atoms with van der Waals surface area (Å²) < 4.78 is 2.02. The van der Waals surface area contributed by atoms with E-state index in [4.69, 9.17) is 0 Å². The van der Waals surface area contributed by atoms with Crippen LogP contribution in [0.5, 0.6) is 0 Å². The van der Waals surface area contributed by atoms with Gasteiger partial charge in [-0.05, 0) is 50.2 Å². The number of carbonyl (C=O) groups excluding carboxylic acids is 1. The molecule has 0 spiro atoms. The maximum absolute atomic E-state index is 12.3. The van der Waals surface area contributed by atoms with Gasteiger partial charge in [-0.15, -0.1) is 0 Å². The van der Waals surface area contributed by atoms with Gasteiger partial charge in [0.05, 0.1) is 23.9 Å². The molecular weight excluding hydrogens is 314 g/mol. The van der Waals surface area contributed by atoms with E-state index in [1.54, 1.807) is 18.6 Å². The third-order valence-corrected chi connectivity index (χ3v) is 4.15. The molecule has 0 saturated carbocycles. The van der Waals surface area contributed by atoms with Crippen molar-refractivity contribution in [1.29, 1.82) is 0 Å². The zero-order chi connectivity index (χ0) is 18.0. The van der Waals surface area contributed by atoms with Crippen molar-refractivity contribution in [1.82, 2.24) is 14.5 Å². The van der Waals surface area contributed by atoms with E-state index in [0.717, 1.165) is 28.5 Å². The molecule has 3 aromatic rings. The van der Waals surface area contributed by atoms with Gasteiger partial charge in [-0.1, -0.05) is 0 Å². The Bertz CT molecular complexity index is 879. The quantitative estimate of drug-likeness (QED) is 0.795. The van der Waals surface area contributed by atoms with E-state index in [1.807, 2.05) is 67.7 Å². The highest BCUT2D eigenvalue weighted by Gasteiger charge is 2.09. The van der Waals surface area contributed by atoms with Gasteiger partial charge >= 0.3 is 0 Å². The number of nitrogens with one attached hydrogen (secondary N) is 1. The molecule has 25 heavy (non-hydrogen) atoms. The van der Waals surface area contributed by atoms with Gasteiger partial charge in [0.15, 0.2) is 0 Å². The van der Waals surface area contributed by atoms with E-state index in [2.05, 4.69) is 15.3 Å². The summed E-state index contributed by atoms with van der Waals surface area (Å²) in [7, 11) is 3.86. The molecule has 2 aromatic heterocycles. The van der Waals surface area contributed by atoms with Crippen molar-refractivity contribution < 1.29 is 4.79 Å². The van der Waals surface area contributed by atoms with Gasteiger partial charge in [0.25, 0.3) is 5.91 Å². The second kappa shape index (κ2) is 6.76. The molecule has 0 aliphatic rings. The Morgan fingerprint density at radius 1 is 1.04 bits per heavy atom. The van der Waals surface area contributed by atoms with Gasteiger partial charge in [-0.3, -0.25) is 4.79 Å². The Labute approximate surface area is 147 Å². The normalized spacial score (nSPS) is 10.6. The van der Waals surface area contributed by atoms with Crippen LogP contribution in [0.15, 0.2) is 48.9 Å². The molecule has 2 heterocycles. The molecule has 128 valence electrons. The number of anilines is 2. The van der Waals surface area contributed by atoms with Crippen LogP contribution >= 0.6 is 0 Å². The lowest BCUT2D eigenvalue weighted by molar-refractivity contribution is 0.102. The van der Waals surface area contributed by atoms with Crippen LogP contribution < -0.4 is 10.2 Å². The number of aromatic nitrogens is 3. The third kappa shape index (κ3) is 3.52.